The number of halogens is 2. The van der Waals surface area contributed by atoms with Crippen molar-refractivity contribution >= 4 is 27.7 Å². The van der Waals surface area contributed by atoms with Gasteiger partial charge in [0.15, 0.2) is 0 Å². The van der Waals surface area contributed by atoms with Gasteiger partial charge in [0.05, 0.1) is 0 Å². The highest BCUT2D eigenvalue weighted by Gasteiger charge is 2.30. The molecular formula is C21H22BrFN2S. The summed E-state index contributed by atoms with van der Waals surface area (Å²) in [7, 11) is 0. The molecule has 1 atom stereocenters. The minimum atomic E-state index is -0.169. The third-order valence-electron chi connectivity index (χ3n) is 5.16. The van der Waals surface area contributed by atoms with E-state index in [-0.39, 0.29) is 11.2 Å². The lowest BCUT2D eigenvalue weighted by molar-refractivity contribution is 0.132. The van der Waals surface area contributed by atoms with Gasteiger partial charge in [-0.05, 0) is 53.6 Å². The molecule has 5 heteroatoms. The molecule has 0 radical (unpaired) electrons. The lowest BCUT2D eigenvalue weighted by Crippen LogP contribution is -2.42. The van der Waals surface area contributed by atoms with Crippen molar-refractivity contribution in [2.75, 3.05) is 13.1 Å². The highest BCUT2D eigenvalue weighted by molar-refractivity contribution is 9.10. The van der Waals surface area contributed by atoms with Crippen LogP contribution in [0.1, 0.15) is 29.3 Å². The number of likely N-dealkylation sites (tertiary alicyclic amines) is 1. The average molecular weight is 433 g/mol. The molecule has 0 saturated carbocycles. The van der Waals surface area contributed by atoms with Gasteiger partial charge in [-0.2, -0.15) is 0 Å². The molecule has 1 fully saturated rings. The second kappa shape index (κ2) is 8.15. The smallest absolute Gasteiger partial charge is 0.123 e. The Kier molecular flexibility index (Phi) is 5.67. The first-order valence-electron chi connectivity index (χ1n) is 9.01. The molecule has 0 bridgehead atoms. The van der Waals surface area contributed by atoms with Gasteiger partial charge >= 0.3 is 0 Å². The summed E-state index contributed by atoms with van der Waals surface area (Å²) < 4.78 is 14.4. The number of hydrogen-bond donors (Lipinski definition) is 0. The van der Waals surface area contributed by atoms with Crippen LogP contribution in [0.4, 0.5) is 4.39 Å². The fraction of sp³-hybridized carbons (Fsp3) is 0.333. The Morgan fingerprint density at radius 1 is 1.00 bits per heavy atom. The molecule has 1 saturated heterocycles. The van der Waals surface area contributed by atoms with E-state index in [9.17, 15) is 4.39 Å². The van der Waals surface area contributed by atoms with E-state index in [2.05, 4.69) is 61.6 Å². The van der Waals surface area contributed by atoms with Crippen LogP contribution in [-0.2, 0) is 6.54 Å². The number of thioether (sulfide) groups is 1. The maximum Gasteiger partial charge on any atom is 0.123 e. The van der Waals surface area contributed by atoms with Crippen LogP contribution in [0.3, 0.4) is 0 Å². The molecule has 0 N–H and O–H groups in total. The molecule has 0 amide bonds. The Labute approximate surface area is 167 Å². The van der Waals surface area contributed by atoms with Crippen LogP contribution in [0.5, 0.6) is 0 Å². The molecule has 0 spiro atoms. The Balaban J connectivity index is 1.35. The summed E-state index contributed by atoms with van der Waals surface area (Å²) in [4.78, 5) is 5.01. The molecule has 0 aromatic heterocycles. The highest BCUT2D eigenvalue weighted by atomic mass is 79.9. The fourth-order valence-corrected chi connectivity index (χ4v) is 5.06. The van der Waals surface area contributed by atoms with Crippen LogP contribution in [0.2, 0.25) is 0 Å². The molecule has 0 aliphatic carbocycles. The SMILES string of the molecule is Fc1ccc(C2SC=CN2C2CCN(Cc3ccc(Br)cc3)CC2)cc1. The van der Waals surface area contributed by atoms with Crippen molar-refractivity contribution in [2.24, 2.45) is 0 Å². The van der Waals surface area contributed by atoms with Crippen LogP contribution in [0, 0.1) is 5.82 Å². The van der Waals surface area contributed by atoms with E-state index >= 15 is 0 Å². The minimum absolute atomic E-state index is 0.169. The fourth-order valence-electron chi connectivity index (χ4n) is 3.74. The van der Waals surface area contributed by atoms with Gasteiger partial charge in [0, 0.05) is 36.3 Å². The maximum absolute atomic E-state index is 13.2. The third-order valence-corrected chi connectivity index (χ3v) is 6.75. The van der Waals surface area contributed by atoms with E-state index < -0.39 is 0 Å². The minimum Gasteiger partial charge on any atom is -0.358 e. The van der Waals surface area contributed by atoms with Gasteiger partial charge in [-0.15, -0.1) is 11.8 Å². The molecule has 1 unspecified atom stereocenters. The van der Waals surface area contributed by atoms with Gasteiger partial charge in [-0.25, -0.2) is 4.39 Å². The second-order valence-corrected chi connectivity index (χ2v) is 8.81. The van der Waals surface area contributed by atoms with E-state index in [0.29, 0.717) is 6.04 Å². The first-order valence-corrected chi connectivity index (χ1v) is 10.7. The van der Waals surface area contributed by atoms with Crippen molar-refractivity contribution in [3.05, 3.63) is 81.6 Å². The van der Waals surface area contributed by atoms with E-state index in [4.69, 9.17) is 0 Å². The largest absolute Gasteiger partial charge is 0.358 e. The van der Waals surface area contributed by atoms with Crippen molar-refractivity contribution in [3.63, 3.8) is 0 Å². The average Bonchev–Trinajstić information content (AvgIpc) is 3.15. The molecule has 2 aliphatic heterocycles. The normalized spacial score (nSPS) is 21.5. The van der Waals surface area contributed by atoms with Crippen LogP contribution < -0.4 is 0 Å². The molecule has 136 valence electrons. The van der Waals surface area contributed by atoms with Gasteiger partial charge in [0.2, 0.25) is 0 Å². The predicted molar refractivity (Wildman–Crippen MR) is 110 cm³/mol. The number of piperidine rings is 1. The van der Waals surface area contributed by atoms with E-state index in [1.165, 1.54) is 24.0 Å². The van der Waals surface area contributed by atoms with Gasteiger partial charge in [-0.3, -0.25) is 4.90 Å². The molecule has 4 rings (SSSR count). The van der Waals surface area contributed by atoms with Gasteiger partial charge < -0.3 is 4.90 Å². The lowest BCUT2D eigenvalue weighted by Gasteiger charge is -2.39. The van der Waals surface area contributed by atoms with Crippen LogP contribution in [-0.4, -0.2) is 28.9 Å². The van der Waals surface area contributed by atoms with E-state index in [0.717, 1.165) is 24.1 Å². The Hall–Kier alpha value is -1.30. The van der Waals surface area contributed by atoms with Gasteiger partial charge in [0.25, 0.3) is 0 Å². The number of nitrogens with zero attached hydrogens (tertiary/aromatic N) is 2. The monoisotopic (exact) mass is 432 g/mol. The predicted octanol–water partition coefficient (Wildman–Crippen LogP) is 5.77. The highest BCUT2D eigenvalue weighted by Crippen LogP contribution is 2.41. The summed E-state index contributed by atoms with van der Waals surface area (Å²) in [5.74, 6) is -0.169. The summed E-state index contributed by atoms with van der Waals surface area (Å²) in [5, 5.41) is 2.45. The number of rotatable bonds is 4. The third kappa shape index (κ3) is 4.16. The van der Waals surface area contributed by atoms with Crippen molar-refractivity contribution in [3.8, 4) is 0 Å². The Morgan fingerprint density at radius 2 is 1.69 bits per heavy atom. The lowest BCUT2D eigenvalue weighted by atomic mass is 10.0. The molecule has 2 aromatic rings. The molecule has 2 aromatic carbocycles. The topological polar surface area (TPSA) is 6.48 Å². The zero-order valence-corrected chi connectivity index (χ0v) is 16.9. The first-order chi connectivity index (χ1) is 12.7. The summed E-state index contributed by atoms with van der Waals surface area (Å²) in [5.41, 5.74) is 2.55. The maximum atomic E-state index is 13.2. The van der Waals surface area contributed by atoms with Gasteiger partial charge in [0.1, 0.15) is 11.2 Å². The van der Waals surface area contributed by atoms with Crippen molar-refractivity contribution < 1.29 is 4.39 Å². The van der Waals surface area contributed by atoms with Crippen molar-refractivity contribution in [1.29, 1.82) is 0 Å². The number of hydrogen-bond acceptors (Lipinski definition) is 3. The zero-order valence-electron chi connectivity index (χ0n) is 14.5. The summed E-state index contributed by atoms with van der Waals surface area (Å²) in [6.07, 6.45) is 4.55. The Morgan fingerprint density at radius 3 is 2.38 bits per heavy atom. The first kappa shape index (κ1) is 18.1. The molecule has 26 heavy (non-hydrogen) atoms. The summed E-state index contributed by atoms with van der Waals surface area (Å²) >= 11 is 5.31. The molecular weight excluding hydrogens is 411 g/mol. The Bertz CT molecular complexity index is 755. The summed E-state index contributed by atoms with van der Waals surface area (Å²) in [6, 6.07) is 16.1. The van der Waals surface area contributed by atoms with E-state index in [1.807, 2.05) is 23.9 Å². The standard InChI is InChI=1S/C21H22BrFN2S/c22-18-5-1-16(2-6-18)15-24-11-9-20(10-12-24)25-13-14-26-21(25)17-3-7-19(23)8-4-17/h1-8,13-14,20-21H,9-12,15H2. The van der Waals surface area contributed by atoms with Crippen LogP contribution in [0.25, 0.3) is 0 Å². The van der Waals surface area contributed by atoms with Crippen molar-refractivity contribution in [2.45, 2.75) is 30.8 Å². The van der Waals surface area contributed by atoms with Gasteiger partial charge in [-0.1, -0.05) is 40.2 Å². The summed E-state index contributed by atoms with van der Waals surface area (Å²) in [6.45, 7) is 3.25. The molecule has 2 nitrogen and oxygen atoms in total. The second-order valence-electron chi connectivity index (χ2n) is 6.91. The van der Waals surface area contributed by atoms with E-state index in [1.54, 1.807) is 12.1 Å². The quantitative estimate of drug-likeness (QED) is 0.605. The number of benzene rings is 2. The van der Waals surface area contributed by atoms with Crippen LogP contribution >= 0.6 is 27.7 Å². The molecule has 2 heterocycles. The zero-order chi connectivity index (χ0) is 17.9. The van der Waals surface area contributed by atoms with Crippen LogP contribution in [0.15, 0.2) is 64.6 Å². The molecule has 2 aliphatic rings. The van der Waals surface area contributed by atoms with Crippen molar-refractivity contribution in [1.82, 2.24) is 9.80 Å².